The number of halogens is 2. The van der Waals surface area contributed by atoms with Gasteiger partial charge in [0.25, 0.3) is 0 Å². The number of hydrogen-bond donors (Lipinski definition) is 0. The van der Waals surface area contributed by atoms with Crippen LogP contribution in [0.5, 0.6) is 5.75 Å². The van der Waals surface area contributed by atoms with Crippen molar-refractivity contribution in [2.24, 2.45) is 0 Å². The van der Waals surface area contributed by atoms with Crippen molar-refractivity contribution in [1.82, 2.24) is 0 Å². The number of carbonyl (C=O) groups is 2. The summed E-state index contributed by atoms with van der Waals surface area (Å²) in [6.45, 7) is 0.400. The highest BCUT2D eigenvalue weighted by Gasteiger charge is 2.32. The molecule has 3 nitrogen and oxygen atoms in total. The van der Waals surface area contributed by atoms with Crippen LogP contribution in [0.2, 0.25) is 0 Å². The van der Waals surface area contributed by atoms with Crippen LogP contribution >= 0.6 is 38.5 Å². The quantitative estimate of drug-likeness (QED) is 0.226. The standard InChI is InChI=1S/C23H14BrIO3/c24-16-7-10-21(28-13-14-5-8-17(25)9-6-14)15(11-16)12-20-22(26)18-3-1-2-4-19(18)23(20)27/h1-12H,13H2. The second kappa shape index (κ2) is 8.01. The minimum Gasteiger partial charge on any atom is -0.488 e. The van der Waals surface area contributed by atoms with E-state index in [0.29, 0.717) is 29.0 Å². The van der Waals surface area contributed by atoms with E-state index in [4.69, 9.17) is 4.74 Å². The zero-order valence-corrected chi connectivity index (χ0v) is 18.4. The third-order valence-corrected chi connectivity index (χ3v) is 5.70. The van der Waals surface area contributed by atoms with Gasteiger partial charge in [0, 0.05) is 24.7 Å². The molecule has 28 heavy (non-hydrogen) atoms. The molecule has 0 fully saturated rings. The summed E-state index contributed by atoms with van der Waals surface area (Å²) in [6, 6.07) is 20.5. The molecular formula is C23H14BrIO3. The van der Waals surface area contributed by atoms with Crippen LogP contribution in [0.15, 0.2) is 76.8 Å². The van der Waals surface area contributed by atoms with E-state index in [9.17, 15) is 9.59 Å². The van der Waals surface area contributed by atoms with Gasteiger partial charge in [-0.25, -0.2) is 0 Å². The van der Waals surface area contributed by atoms with E-state index in [1.165, 1.54) is 0 Å². The molecule has 5 heteroatoms. The Morgan fingerprint density at radius 3 is 2.18 bits per heavy atom. The van der Waals surface area contributed by atoms with E-state index in [0.717, 1.165) is 13.6 Å². The summed E-state index contributed by atoms with van der Waals surface area (Å²) >= 11 is 5.71. The second-order valence-corrected chi connectivity index (χ2v) is 8.52. The molecule has 0 unspecified atom stereocenters. The van der Waals surface area contributed by atoms with Gasteiger partial charge in [-0.05, 0) is 64.6 Å². The first-order chi connectivity index (χ1) is 13.5. The summed E-state index contributed by atoms with van der Waals surface area (Å²) in [4.78, 5) is 25.4. The third kappa shape index (κ3) is 3.82. The SMILES string of the molecule is O=C1C(=Cc2cc(Br)ccc2OCc2ccc(I)cc2)C(=O)c2ccccc21. The fraction of sp³-hybridized carbons (Fsp3) is 0.0435. The zero-order chi connectivity index (χ0) is 19.7. The van der Waals surface area contributed by atoms with Crippen LogP contribution in [0, 0.1) is 3.57 Å². The molecule has 0 aromatic heterocycles. The highest BCUT2D eigenvalue weighted by Crippen LogP contribution is 2.31. The van der Waals surface area contributed by atoms with Gasteiger partial charge in [-0.1, -0.05) is 52.3 Å². The molecule has 0 spiro atoms. The number of fused-ring (bicyclic) bond motifs is 1. The van der Waals surface area contributed by atoms with Crippen molar-refractivity contribution in [1.29, 1.82) is 0 Å². The third-order valence-electron chi connectivity index (χ3n) is 4.48. The molecule has 1 aliphatic rings. The lowest BCUT2D eigenvalue weighted by atomic mass is 10.1. The van der Waals surface area contributed by atoms with Crippen LogP contribution in [0.3, 0.4) is 0 Å². The number of hydrogen-bond acceptors (Lipinski definition) is 3. The molecule has 3 aromatic carbocycles. The number of Topliss-reactive ketones (excluding diaryl/α,β-unsaturated/α-hetero) is 2. The van der Waals surface area contributed by atoms with Gasteiger partial charge in [0.15, 0.2) is 11.6 Å². The first kappa shape index (κ1) is 19.1. The van der Waals surface area contributed by atoms with E-state index in [1.54, 1.807) is 30.3 Å². The van der Waals surface area contributed by atoms with Gasteiger partial charge >= 0.3 is 0 Å². The lowest BCUT2D eigenvalue weighted by molar-refractivity contribution is 0.0990. The van der Waals surface area contributed by atoms with Crippen molar-refractivity contribution in [2.45, 2.75) is 6.61 Å². The summed E-state index contributed by atoms with van der Waals surface area (Å²) < 4.78 is 7.99. The number of benzene rings is 3. The Hall–Kier alpha value is -2.25. The van der Waals surface area contributed by atoms with Crippen molar-refractivity contribution < 1.29 is 14.3 Å². The van der Waals surface area contributed by atoms with Crippen LogP contribution in [-0.2, 0) is 6.61 Å². The number of ether oxygens (including phenoxy) is 1. The Bertz CT molecular complexity index is 1080. The molecule has 0 atom stereocenters. The molecular weight excluding hydrogens is 531 g/mol. The molecule has 0 amide bonds. The maximum absolute atomic E-state index is 12.7. The molecule has 0 saturated heterocycles. The average Bonchev–Trinajstić information content (AvgIpc) is 2.94. The van der Waals surface area contributed by atoms with Crippen LogP contribution in [-0.4, -0.2) is 11.6 Å². The van der Waals surface area contributed by atoms with E-state index >= 15 is 0 Å². The van der Waals surface area contributed by atoms with Crippen molar-refractivity contribution >= 4 is 56.2 Å². The number of rotatable bonds is 4. The summed E-state index contributed by atoms with van der Waals surface area (Å²) in [6.07, 6.45) is 1.62. The van der Waals surface area contributed by atoms with Gasteiger partial charge in [-0.15, -0.1) is 0 Å². The molecule has 3 aromatic rings. The molecule has 0 saturated carbocycles. The number of ketones is 2. The smallest absolute Gasteiger partial charge is 0.197 e. The van der Waals surface area contributed by atoms with Gasteiger partial charge in [0.1, 0.15) is 12.4 Å². The molecule has 0 bridgehead atoms. The Morgan fingerprint density at radius 1 is 0.893 bits per heavy atom. The molecule has 0 N–H and O–H groups in total. The van der Waals surface area contributed by atoms with Gasteiger partial charge < -0.3 is 4.74 Å². The summed E-state index contributed by atoms with van der Waals surface area (Å²) in [7, 11) is 0. The minimum atomic E-state index is -0.246. The van der Waals surface area contributed by atoms with Crippen LogP contribution in [0.1, 0.15) is 31.8 Å². The maximum atomic E-state index is 12.7. The molecule has 0 radical (unpaired) electrons. The van der Waals surface area contributed by atoms with Gasteiger partial charge in [0.05, 0.1) is 5.57 Å². The summed E-state index contributed by atoms with van der Waals surface area (Å²) in [5, 5.41) is 0. The molecule has 138 valence electrons. The number of carbonyl (C=O) groups excluding carboxylic acids is 2. The molecule has 0 aliphatic heterocycles. The molecule has 1 aliphatic carbocycles. The Morgan fingerprint density at radius 2 is 1.54 bits per heavy atom. The Kier molecular flexibility index (Phi) is 5.46. The average molecular weight is 545 g/mol. The van der Waals surface area contributed by atoms with Crippen LogP contribution in [0.4, 0.5) is 0 Å². The van der Waals surface area contributed by atoms with E-state index < -0.39 is 0 Å². The molecule has 4 rings (SSSR count). The van der Waals surface area contributed by atoms with Crippen molar-refractivity contribution in [3.8, 4) is 5.75 Å². The first-order valence-corrected chi connectivity index (χ1v) is 10.5. The van der Waals surface area contributed by atoms with Gasteiger partial charge in [0.2, 0.25) is 0 Å². The van der Waals surface area contributed by atoms with E-state index in [1.807, 2.05) is 42.5 Å². The fourth-order valence-electron chi connectivity index (χ4n) is 3.06. The maximum Gasteiger partial charge on any atom is 0.197 e. The van der Waals surface area contributed by atoms with Crippen molar-refractivity contribution in [3.63, 3.8) is 0 Å². The van der Waals surface area contributed by atoms with Crippen LogP contribution < -0.4 is 4.74 Å². The highest BCUT2D eigenvalue weighted by molar-refractivity contribution is 14.1. The van der Waals surface area contributed by atoms with Crippen molar-refractivity contribution in [3.05, 3.63) is 103 Å². The lowest BCUT2D eigenvalue weighted by Gasteiger charge is -2.10. The monoisotopic (exact) mass is 544 g/mol. The molecule has 0 heterocycles. The van der Waals surface area contributed by atoms with Gasteiger partial charge in [-0.2, -0.15) is 0 Å². The Balaban J connectivity index is 1.66. The minimum absolute atomic E-state index is 0.165. The van der Waals surface area contributed by atoms with Crippen molar-refractivity contribution in [2.75, 3.05) is 0 Å². The summed E-state index contributed by atoms with van der Waals surface area (Å²) in [5.74, 6) is 0.124. The lowest BCUT2D eigenvalue weighted by Crippen LogP contribution is -2.02. The number of allylic oxidation sites excluding steroid dienone is 1. The highest BCUT2D eigenvalue weighted by atomic mass is 127. The second-order valence-electron chi connectivity index (χ2n) is 6.36. The topological polar surface area (TPSA) is 43.4 Å². The fourth-order valence-corrected chi connectivity index (χ4v) is 3.80. The summed E-state index contributed by atoms with van der Waals surface area (Å²) in [5.41, 5.74) is 2.80. The zero-order valence-electron chi connectivity index (χ0n) is 14.6. The normalized spacial score (nSPS) is 12.9. The predicted octanol–water partition coefficient (Wildman–Crippen LogP) is 6.10. The van der Waals surface area contributed by atoms with E-state index in [-0.39, 0.29) is 17.1 Å². The van der Waals surface area contributed by atoms with E-state index in [2.05, 4.69) is 38.5 Å². The predicted molar refractivity (Wildman–Crippen MR) is 121 cm³/mol. The largest absolute Gasteiger partial charge is 0.488 e. The van der Waals surface area contributed by atoms with Gasteiger partial charge in [-0.3, -0.25) is 9.59 Å². The Labute approximate surface area is 184 Å². The van der Waals surface area contributed by atoms with Crippen LogP contribution in [0.25, 0.3) is 6.08 Å². The first-order valence-electron chi connectivity index (χ1n) is 8.60.